The predicted octanol–water partition coefficient (Wildman–Crippen LogP) is 4.41. The minimum atomic E-state index is -0.754. The summed E-state index contributed by atoms with van der Waals surface area (Å²) in [7, 11) is 1.49. The quantitative estimate of drug-likeness (QED) is 0.347. The number of rotatable bonds is 8. The number of amides is 1. The zero-order valence-electron chi connectivity index (χ0n) is 18.2. The molecule has 0 aliphatic carbocycles. The summed E-state index contributed by atoms with van der Waals surface area (Å²) in [6.45, 7) is -0.366. The van der Waals surface area contributed by atoms with Crippen LogP contribution in [0.5, 0.6) is 0 Å². The Morgan fingerprint density at radius 3 is 2.65 bits per heavy atom. The van der Waals surface area contributed by atoms with Crippen LogP contribution >= 0.6 is 11.6 Å². The molecule has 4 aromatic rings. The van der Waals surface area contributed by atoms with Crippen molar-refractivity contribution in [1.82, 2.24) is 20.5 Å². The van der Waals surface area contributed by atoms with Crippen LogP contribution in [0.1, 0.15) is 22.2 Å². The number of aliphatic hydroxyl groups is 1. The van der Waals surface area contributed by atoms with Gasteiger partial charge in [0.25, 0.3) is 5.91 Å². The molecule has 7 nitrogen and oxygen atoms in total. The number of carbonyl (C=O) groups is 1. The van der Waals surface area contributed by atoms with Crippen molar-refractivity contribution in [3.05, 3.63) is 95.0 Å². The summed E-state index contributed by atoms with van der Waals surface area (Å²) < 4.78 is 18.8. The van der Waals surface area contributed by atoms with Crippen LogP contribution in [-0.2, 0) is 4.74 Å². The highest BCUT2D eigenvalue weighted by atomic mass is 35.5. The van der Waals surface area contributed by atoms with Gasteiger partial charge in [0, 0.05) is 24.4 Å². The summed E-state index contributed by atoms with van der Waals surface area (Å²) in [6.07, 6.45) is 0.957. The van der Waals surface area contributed by atoms with Gasteiger partial charge < -0.3 is 15.2 Å². The Labute approximate surface area is 200 Å². The second-order valence-corrected chi connectivity index (χ2v) is 7.92. The number of halogens is 2. The van der Waals surface area contributed by atoms with Crippen LogP contribution in [0.15, 0.2) is 72.9 Å². The van der Waals surface area contributed by atoms with E-state index in [4.69, 9.17) is 16.3 Å². The summed E-state index contributed by atoms with van der Waals surface area (Å²) in [5.41, 5.74) is 3.11. The van der Waals surface area contributed by atoms with E-state index in [9.17, 15) is 14.3 Å². The zero-order chi connectivity index (χ0) is 24.1. The number of H-pyrrole nitrogens is 1. The summed E-state index contributed by atoms with van der Waals surface area (Å²) >= 11 is 6.48. The average molecular weight is 481 g/mol. The van der Waals surface area contributed by atoms with Crippen LogP contribution in [0.3, 0.4) is 0 Å². The molecule has 0 fully saturated rings. The minimum absolute atomic E-state index is 0.288. The van der Waals surface area contributed by atoms with Crippen molar-refractivity contribution in [1.29, 1.82) is 0 Å². The number of nitrogens with zero attached hydrogens (tertiary/aromatic N) is 2. The van der Waals surface area contributed by atoms with E-state index in [0.29, 0.717) is 33.2 Å². The second kappa shape index (κ2) is 10.6. The molecule has 0 radical (unpaired) electrons. The van der Waals surface area contributed by atoms with Gasteiger partial charge in [-0.15, -0.1) is 0 Å². The fourth-order valence-electron chi connectivity index (χ4n) is 3.70. The lowest BCUT2D eigenvalue weighted by molar-refractivity contribution is 0.0390. The Morgan fingerprint density at radius 1 is 1.18 bits per heavy atom. The molecule has 0 spiro atoms. The number of benzene rings is 2. The van der Waals surface area contributed by atoms with E-state index in [1.807, 2.05) is 0 Å². The largest absolute Gasteiger partial charge is 0.394 e. The first-order valence-electron chi connectivity index (χ1n) is 10.5. The monoisotopic (exact) mass is 480 g/mol. The second-order valence-electron chi connectivity index (χ2n) is 7.51. The summed E-state index contributed by atoms with van der Waals surface area (Å²) in [6, 6.07) is 17.2. The Bertz CT molecular complexity index is 1260. The van der Waals surface area contributed by atoms with Crippen molar-refractivity contribution in [2.24, 2.45) is 0 Å². The van der Waals surface area contributed by atoms with Gasteiger partial charge in [-0.1, -0.05) is 23.7 Å². The van der Waals surface area contributed by atoms with Crippen molar-refractivity contribution in [3.8, 4) is 22.5 Å². The molecule has 0 saturated carbocycles. The van der Waals surface area contributed by atoms with E-state index >= 15 is 0 Å². The molecule has 3 N–H and O–H groups in total. The number of aromatic nitrogens is 3. The smallest absolute Gasteiger partial charge is 0.252 e. The van der Waals surface area contributed by atoms with Gasteiger partial charge in [-0.25, -0.2) is 4.39 Å². The van der Waals surface area contributed by atoms with Crippen LogP contribution in [0.2, 0.25) is 5.02 Å². The molecule has 0 saturated heterocycles. The Hall–Kier alpha value is -3.59. The molecule has 0 unspecified atom stereocenters. The van der Waals surface area contributed by atoms with Gasteiger partial charge in [0.15, 0.2) is 0 Å². The number of ether oxygens (including phenoxy) is 1. The molecule has 2 atom stereocenters. The number of nitrogens with one attached hydrogen (secondary N) is 2. The zero-order valence-corrected chi connectivity index (χ0v) is 19.0. The lowest BCUT2D eigenvalue weighted by Gasteiger charge is -2.25. The van der Waals surface area contributed by atoms with Gasteiger partial charge in [-0.3, -0.25) is 14.9 Å². The normalized spacial score (nSPS) is 12.8. The minimum Gasteiger partial charge on any atom is -0.394 e. The molecule has 0 bridgehead atoms. The molecular formula is C25H22ClFN4O3. The number of hydrogen-bond donors (Lipinski definition) is 3. The lowest BCUT2D eigenvalue weighted by Crippen LogP contribution is -2.43. The molecule has 4 rings (SSSR count). The number of hydrogen-bond acceptors (Lipinski definition) is 5. The molecule has 9 heteroatoms. The lowest BCUT2D eigenvalue weighted by atomic mass is 10.0. The van der Waals surface area contributed by atoms with Crippen LogP contribution in [-0.4, -0.2) is 46.0 Å². The number of aliphatic hydroxyl groups excluding tert-OH is 1. The van der Waals surface area contributed by atoms with Gasteiger partial charge in [0.1, 0.15) is 11.9 Å². The van der Waals surface area contributed by atoms with Crippen molar-refractivity contribution in [2.75, 3.05) is 13.7 Å². The highest BCUT2D eigenvalue weighted by Crippen LogP contribution is 2.33. The summed E-state index contributed by atoms with van der Waals surface area (Å²) in [4.78, 5) is 17.6. The number of methoxy groups -OCH3 is 1. The van der Waals surface area contributed by atoms with Gasteiger partial charge in [-0.2, -0.15) is 5.10 Å². The third-order valence-corrected chi connectivity index (χ3v) is 5.67. The Balaban J connectivity index is 1.64. The summed E-state index contributed by atoms with van der Waals surface area (Å²) in [5, 5.41) is 20.3. The third kappa shape index (κ3) is 4.99. The van der Waals surface area contributed by atoms with E-state index < -0.39 is 18.1 Å². The molecule has 2 heterocycles. The fraction of sp³-hybridized carbons (Fsp3) is 0.160. The van der Waals surface area contributed by atoms with Crippen LogP contribution in [0.25, 0.3) is 22.5 Å². The van der Waals surface area contributed by atoms with E-state index in [2.05, 4.69) is 20.5 Å². The Kier molecular flexibility index (Phi) is 7.32. The van der Waals surface area contributed by atoms with Gasteiger partial charge in [-0.05, 0) is 54.6 Å². The number of carbonyl (C=O) groups excluding carboxylic acids is 1. The molecular weight excluding hydrogens is 459 g/mol. The molecule has 0 aliphatic heterocycles. The van der Waals surface area contributed by atoms with Crippen molar-refractivity contribution in [3.63, 3.8) is 0 Å². The SMILES string of the molecule is CO[C@@H](c1ccccn1)[C@H](CO)NC(=O)c1cccc(Cl)c1-c1cc(-c2ccc(F)cc2)n[nH]1. The molecule has 1 amide bonds. The molecule has 0 aliphatic rings. The molecule has 174 valence electrons. The van der Waals surface area contributed by atoms with E-state index in [1.165, 1.54) is 19.2 Å². The average Bonchev–Trinajstić information content (AvgIpc) is 3.34. The van der Waals surface area contributed by atoms with Gasteiger partial charge in [0.2, 0.25) is 0 Å². The molecule has 2 aromatic heterocycles. The maximum absolute atomic E-state index is 13.3. The Morgan fingerprint density at radius 2 is 1.97 bits per heavy atom. The van der Waals surface area contributed by atoms with E-state index in [-0.39, 0.29) is 18.0 Å². The van der Waals surface area contributed by atoms with Gasteiger partial charge >= 0.3 is 0 Å². The van der Waals surface area contributed by atoms with E-state index in [1.54, 1.807) is 60.8 Å². The van der Waals surface area contributed by atoms with Crippen LogP contribution in [0.4, 0.5) is 4.39 Å². The highest BCUT2D eigenvalue weighted by Gasteiger charge is 2.27. The molecule has 34 heavy (non-hydrogen) atoms. The maximum Gasteiger partial charge on any atom is 0.252 e. The van der Waals surface area contributed by atoms with E-state index in [0.717, 1.165) is 0 Å². The number of pyridine rings is 1. The number of aromatic amines is 1. The summed E-state index contributed by atoms with van der Waals surface area (Å²) in [5.74, 6) is -0.796. The van der Waals surface area contributed by atoms with Crippen molar-refractivity contribution < 1.29 is 19.0 Å². The van der Waals surface area contributed by atoms with Crippen LogP contribution in [0, 0.1) is 5.82 Å². The highest BCUT2D eigenvalue weighted by molar-refractivity contribution is 6.34. The van der Waals surface area contributed by atoms with Gasteiger partial charge in [0.05, 0.1) is 40.3 Å². The topological polar surface area (TPSA) is 100 Å². The first-order chi connectivity index (χ1) is 16.5. The van der Waals surface area contributed by atoms with Crippen molar-refractivity contribution >= 4 is 17.5 Å². The first-order valence-corrected chi connectivity index (χ1v) is 10.8. The first kappa shape index (κ1) is 23.6. The maximum atomic E-state index is 13.3. The van der Waals surface area contributed by atoms with Crippen LogP contribution < -0.4 is 5.32 Å². The predicted molar refractivity (Wildman–Crippen MR) is 127 cm³/mol. The third-order valence-electron chi connectivity index (χ3n) is 5.36. The fourth-order valence-corrected chi connectivity index (χ4v) is 3.98. The molecule has 2 aromatic carbocycles. The standard InChI is InChI=1S/C25H22ClFN4O3/c1-34-24(19-7-2-3-12-28-19)22(14-32)29-25(33)17-5-4-6-18(26)23(17)21-13-20(30-31-21)15-8-10-16(27)11-9-15/h2-13,22,24,32H,14H2,1H3,(H,29,33)(H,30,31)/t22-,24-/m0/s1. The van der Waals surface area contributed by atoms with Crippen molar-refractivity contribution in [2.45, 2.75) is 12.1 Å².